The lowest BCUT2D eigenvalue weighted by Gasteiger charge is -2.36. The van der Waals surface area contributed by atoms with Crippen LogP contribution in [0.25, 0.3) is 0 Å². The van der Waals surface area contributed by atoms with Gasteiger partial charge in [-0.1, -0.05) is 50.1 Å². The first kappa shape index (κ1) is 20.6. The van der Waals surface area contributed by atoms with Gasteiger partial charge < -0.3 is 10.1 Å². The zero-order valence-corrected chi connectivity index (χ0v) is 16.9. The Kier molecular flexibility index (Phi) is 6.87. The third kappa shape index (κ3) is 4.81. The van der Waals surface area contributed by atoms with Crippen LogP contribution in [0.2, 0.25) is 0 Å². The average Bonchev–Trinajstić information content (AvgIpc) is 2.68. The van der Waals surface area contributed by atoms with Gasteiger partial charge in [-0.3, -0.25) is 14.4 Å². The van der Waals surface area contributed by atoms with E-state index in [1.54, 1.807) is 6.92 Å². The molecule has 1 amide bonds. The van der Waals surface area contributed by atoms with E-state index in [0.717, 1.165) is 37.7 Å². The van der Waals surface area contributed by atoms with Crippen molar-refractivity contribution in [3.63, 3.8) is 0 Å². The molecule has 2 aliphatic carbocycles. The molecule has 0 radical (unpaired) electrons. The van der Waals surface area contributed by atoms with Gasteiger partial charge in [-0.15, -0.1) is 0 Å². The summed E-state index contributed by atoms with van der Waals surface area (Å²) in [7, 11) is 0. The van der Waals surface area contributed by atoms with E-state index in [1.165, 1.54) is 0 Å². The Hall–Kier alpha value is -2.17. The van der Waals surface area contributed by atoms with E-state index in [-0.39, 0.29) is 35.7 Å². The van der Waals surface area contributed by atoms with Crippen LogP contribution in [-0.4, -0.2) is 23.8 Å². The highest BCUT2D eigenvalue weighted by molar-refractivity contribution is 5.88. The molecular formula is C23H31NO4. The minimum absolute atomic E-state index is 0.00111. The second-order valence-corrected chi connectivity index (χ2v) is 8.24. The molecule has 3 rings (SSSR count). The molecule has 0 heterocycles. The van der Waals surface area contributed by atoms with E-state index in [0.29, 0.717) is 18.6 Å². The van der Waals surface area contributed by atoms with Crippen molar-refractivity contribution in [1.29, 1.82) is 0 Å². The van der Waals surface area contributed by atoms with Gasteiger partial charge in [0.1, 0.15) is 5.78 Å². The van der Waals surface area contributed by atoms with Crippen LogP contribution in [0.4, 0.5) is 0 Å². The highest BCUT2D eigenvalue weighted by Crippen LogP contribution is 2.40. The number of Topliss-reactive ketones (excluding diaryl/α,β-unsaturated/α-hetero) is 1. The first-order valence-corrected chi connectivity index (χ1v) is 10.6. The standard InChI is InChI=1S/C23H31NO4/c1-3-8-20(16-9-5-4-6-10-16)24-22(26)15(2)28-23(27)19-13-17-11-7-12-18(14-19)21(17)25/h4-6,9-10,15,17-20H,3,7-8,11-14H2,1-2H3,(H,24,26)/t15-,17-,18+,19?,20+/m0/s1. The monoisotopic (exact) mass is 385 g/mol. The number of amides is 1. The number of ether oxygens (including phenoxy) is 1. The summed E-state index contributed by atoms with van der Waals surface area (Å²) >= 11 is 0. The highest BCUT2D eigenvalue weighted by atomic mass is 16.5. The molecule has 152 valence electrons. The Balaban J connectivity index is 1.56. The van der Waals surface area contributed by atoms with Crippen molar-refractivity contribution in [3.8, 4) is 0 Å². The molecule has 5 heteroatoms. The zero-order chi connectivity index (χ0) is 20.1. The number of fused-ring (bicyclic) bond motifs is 2. The predicted octanol–water partition coefficient (Wildman–Crippen LogP) is 3.97. The van der Waals surface area contributed by atoms with E-state index in [4.69, 9.17) is 4.74 Å². The van der Waals surface area contributed by atoms with Gasteiger partial charge in [0.2, 0.25) is 0 Å². The van der Waals surface area contributed by atoms with Crippen molar-refractivity contribution >= 4 is 17.7 Å². The Morgan fingerprint density at radius 1 is 1.14 bits per heavy atom. The van der Waals surface area contributed by atoms with Gasteiger partial charge >= 0.3 is 5.97 Å². The van der Waals surface area contributed by atoms with Gasteiger partial charge in [0.25, 0.3) is 5.91 Å². The van der Waals surface area contributed by atoms with Crippen molar-refractivity contribution in [1.82, 2.24) is 5.32 Å². The molecule has 5 atom stereocenters. The quantitative estimate of drug-likeness (QED) is 0.721. The van der Waals surface area contributed by atoms with Gasteiger partial charge in [0.05, 0.1) is 12.0 Å². The summed E-state index contributed by atoms with van der Waals surface area (Å²) in [5, 5.41) is 3.02. The van der Waals surface area contributed by atoms with Crippen molar-refractivity contribution < 1.29 is 19.1 Å². The topological polar surface area (TPSA) is 72.5 Å². The fourth-order valence-electron chi connectivity index (χ4n) is 4.58. The summed E-state index contributed by atoms with van der Waals surface area (Å²) in [6.07, 6.45) is 4.90. The third-order valence-electron chi connectivity index (χ3n) is 6.14. The number of nitrogens with one attached hydrogen (secondary N) is 1. The average molecular weight is 386 g/mol. The summed E-state index contributed by atoms with van der Waals surface area (Å²) < 4.78 is 5.50. The van der Waals surface area contributed by atoms with E-state index >= 15 is 0 Å². The molecule has 0 aliphatic heterocycles. The minimum Gasteiger partial charge on any atom is -0.452 e. The van der Waals surface area contributed by atoms with Gasteiger partial charge in [0, 0.05) is 11.8 Å². The lowest BCUT2D eigenvalue weighted by Crippen LogP contribution is -2.42. The number of hydrogen-bond acceptors (Lipinski definition) is 4. The molecule has 2 aliphatic rings. The Labute approximate surface area is 167 Å². The first-order valence-electron chi connectivity index (χ1n) is 10.6. The lowest BCUT2D eigenvalue weighted by molar-refractivity contribution is -0.162. The van der Waals surface area contributed by atoms with Crippen molar-refractivity contribution in [2.75, 3.05) is 0 Å². The summed E-state index contributed by atoms with van der Waals surface area (Å²) in [6.45, 7) is 3.70. The fraction of sp³-hybridized carbons (Fsp3) is 0.609. The number of carbonyl (C=O) groups is 3. The van der Waals surface area contributed by atoms with Crippen LogP contribution in [0.5, 0.6) is 0 Å². The van der Waals surface area contributed by atoms with Gasteiger partial charge in [-0.25, -0.2) is 0 Å². The second kappa shape index (κ2) is 9.35. The van der Waals surface area contributed by atoms with Crippen LogP contribution in [-0.2, 0) is 19.1 Å². The number of rotatable bonds is 7. The van der Waals surface area contributed by atoms with E-state index < -0.39 is 6.10 Å². The smallest absolute Gasteiger partial charge is 0.309 e. The molecule has 5 nitrogen and oxygen atoms in total. The van der Waals surface area contributed by atoms with Gasteiger partial charge in [0.15, 0.2) is 6.10 Å². The summed E-state index contributed by atoms with van der Waals surface area (Å²) in [6, 6.07) is 9.75. The number of esters is 1. The predicted molar refractivity (Wildman–Crippen MR) is 106 cm³/mol. The van der Waals surface area contributed by atoms with E-state index in [9.17, 15) is 14.4 Å². The van der Waals surface area contributed by atoms with Crippen LogP contribution >= 0.6 is 0 Å². The van der Waals surface area contributed by atoms with E-state index in [2.05, 4.69) is 12.2 Å². The third-order valence-corrected chi connectivity index (χ3v) is 6.14. The van der Waals surface area contributed by atoms with Crippen LogP contribution in [0.3, 0.4) is 0 Å². The summed E-state index contributed by atoms with van der Waals surface area (Å²) in [5.41, 5.74) is 1.05. The highest BCUT2D eigenvalue weighted by Gasteiger charge is 2.42. The minimum atomic E-state index is -0.840. The van der Waals surface area contributed by atoms with Crippen LogP contribution < -0.4 is 5.32 Å². The maximum Gasteiger partial charge on any atom is 0.309 e. The van der Waals surface area contributed by atoms with Gasteiger partial charge in [-0.05, 0) is 44.6 Å². The molecule has 1 unspecified atom stereocenters. The Morgan fingerprint density at radius 3 is 2.39 bits per heavy atom. The second-order valence-electron chi connectivity index (χ2n) is 8.24. The Bertz CT molecular complexity index is 686. The molecule has 2 saturated carbocycles. The fourth-order valence-corrected chi connectivity index (χ4v) is 4.58. The van der Waals surface area contributed by atoms with Crippen LogP contribution in [0.15, 0.2) is 30.3 Å². The zero-order valence-electron chi connectivity index (χ0n) is 16.9. The molecule has 2 bridgehead atoms. The summed E-state index contributed by atoms with van der Waals surface area (Å²) in [5.74, 6) is -0.542. The molecule has 1 aromatic carbocycles. The van der Waals surface area contributed by atoms with Crippen LogP contribution in [0, 0.1) is 17.8 Å². The Morgan fingerprint density at radius 2 is 1.79 bits per heavy atom. The largest absolute Gasteiger partial charge is 0.452 e. The maximum atomic E-state index is 12.6. The number of ketones is 1. The normalized spacial score (nSPS) is 26.2. The lowest BCUT2D eigenvalue weighted by atomic mass is 9.67. The molecule has 0 aromatic heterocycles. The molecule has 2 fully saturated rings. The van der Waals surface area contributed by atoms with E-state index in [1.807, 2.05) is 30.3 Å². The molecule has 0 spiro atoms. The maximum absolute atomic E-state index is 12.6. The van der Waals surface area contributed by atoms with Crippen LogP contribution in [0.1, 0.15) is 70.4 Å². The van der Waals surface area contributed by atoms with Crippen molar-refractivity contribution in [2.24, 2.45) is 17.8 Å². The SMILES string of the molecule is CCC[C@@H](NC(=O)[C@H](C)OC(=O)C1C[C@H]2CCC[C@@H](C1)C2=O)c1ccccc1. The van der Waals surface area contributed by atoms with Crippen molar-refractivity contribution in [3.05, 3.63) is 35.9 Å². The van der Waals surface area contributed by atoms with Gasteiger partial charge in [-0.2, -0.15) is 0 Å². The summed E-state index contributed by atoms with van der Waals surface area (Å²) in [4.78, 5) is 37.5. The number of carbonyl (C=O) groups excluding carboxylic acids is 3. The molecule has 1 N–H and O–H groups in total. The molecule has 28 heavy (non-hydrogen) atoms. The number of hydrogen-bond donors (Lipinski definition) is 1. The first-order chi connectivity index (χ1) is 13.5. The number of benzene rings is 1. The van der Waals surface area contributed by atoms with Crippen molar-refractivity contribution in [2.45, 2.75) is 70.9 Å². The molecule has 0 saturated heterocycles. The molecular weight excluding hydrogens is 354 g/mol. The molecule has 1 aromatic rings.